The smallest absolute Gasteiger partial charge is 0.164 e. The molecule has 104 valence electrons. The van der Waals surface area contributed by atoms with Crippen LogP contribution in [-0.2, 0) is 12.8 Å². The summed E-state index contributed by atoms with van der Waals surface area (Å²) in [5.74, 6) is -0.387. The molecule has 0 saturated heterocycles. The summed E-state index contributed by atoms with van der Waals surface area (Å²) < 4.78 is 13.9. The molecule has 0 heterocycles. The zero-order chi connectivity index (χ0) is 14.1. The number of halogens is 2. The lowest BCUT2D eigenvalue weighted by Gasteiger charge is -2.17. The molecule has 1 aliphatic carbocycles. The molecular weight excluding hydrogens is 273 g/mol. The van der Waals surface area contributed by atoms with Crippen LogP contribution in [0.3, 0.4) is 0 Å². The molecule has 1 atom stereocenters. The quantitative estimate of drug-likeness (QED) is 0.825. The Morgan fingerprint density at radius 1 is 1.15 bits per heavy atom. The summed E-state index contributed by atoms with van der Waals surface area (Å²) >= 11 is 5.81. The van der Waals surface area contributed by atoms with Crippen LogP contribution in [0.1, 0.15) is 36.1 Å². The highest BCUT2D eigenvalue weighted by molar-refractivity contribution is 6.31. The van der Waals surface area contributed by atoms with E-state index < -0.39 is 0 Å². The number of fused-ring (bicyclic) bond motifs is 1. The van der Waals surface area contributed by atoms with Gasteiger partial charge in [0.1, 0.15) is 0 Å². The molecule has 0 amide bonds. The minimum absolute atomic E-state index is 0.0499. The third kappa shape index (κ3) is 2.53. The summed E-state index contributed by atoms with van der Waals surface area (Å²) in [4.78, 5) is 0. The molecular formula is C17H17ClFN. The van der Waals surface area contributed by atoms with Crippen molar-refractivity contribution in [1.29, 1.82) is 0 Å². The molecule has 0 aromatic heterocycles. The van der Waals surface area contributed by atoms with Gasteiger partial charge in [-0.2, -0.15) is 0 Å². The summed E-state index contributed by atoms with van der Waals surface area (Å²) in [6, 6.07) is 11.6. The predicted molar refractivity (Wildman–Crippen MR) is 81.9 cm³/mol. The van der Waals surface area contributed by atoms with E-state index in [2.05, 4.69) is 23.5 Å². The molecule has 0 radical (unpaired) electrons. The molecule has 0 spiro atoms. The molecule has 0 aliphatic heterocycles. The second-order valence-electron chi connectivity index (χ2n) is 5.35. The molecule has 0 fully saturated rings. The summed E-state index contributed by atoms with van der Waals surface area (Å²) in [7, 11) is 0. The maximum Gasteiger partial charge on any atom is 0.164 e. The number of hydrogen-bond donors (Lipinski definition) is 1. The lowest BCUT2D eigenvalue weighted by Crippen LogP contribution is -2.08. The second kappa shape index (κ2) is 5.45. The number of rotatable bonds is 3. The topological polar surface area (TPSA) is 12.0 Å². The summed E-state index contributed by atoms with van der Waals surface area (Å²) in [5.41, 5.74) is 4.52. The van der Waals surface area contributed by atoms with Gasteiger partial charge in [0.15, 0.2) is 5.82 Å². The van der Waals surface area contributed by atoms with Crippen molar-refractivity contribution in [2.24, 2.45) is 0 Å². The van der Waals surface area contributed by atoms with Crippen LogP contribution in [0.4, 0.5) is 10.1 Å². The van der Waals surface area contributed by atoms with Gasteiger partial charge in [-0.3, -0.25) is 0 Å². The maximum absolute atomic E-state index is 13.9. The fraction of sp³-hybridized carbons (Fsp3) is 0.294. The van der Waals surface area contributed by atoms with E-state index in [4.69, 9.17) is 11.6 Å². The van der Waals surface area contributed by atoms with Gasteiger partial charge in [-0.05, 0) is 55.0 Å². The van der Waals surface area contributed by atoms with Gasteiger partial charge in [-0.25, -0.2) is 4.39 Å². The molecule has 0 saturated carbocycles. The number of benzene rings is 2. The van der Waals surface area contributed by atoms with E-state index in [1.54, 1.807) is 18.2 Å². The minimum atomic E-state index is -0.387. The fourth-order valence-electron chi connectivity index (χ4n) is 2.79. The molecule has 20 heavy (non-hydrogen) atoms. The predicted octanol–water partition coefficient (Wildman–Crippen LogP) is 5.14. The van der Waals surface area contributed by atoms with Crippen molar-refractivity contribution >= 4 is 17.3 Å². The van der Waals surface area contributed by atoms with Crippen molar-refractivity contribution in [3.63, 3.8) is 0 Å². The minimum Gasteiger partial charge on any atom is -0.376 e. The van der Waals surface area contributed by atoms with Crippen molar-refractivity contribution in [3.8, 4) is 0 Å². The van der Waals surface area contributed by atoms with Crippen LogP contribution in [0.2, 0.25) is 5.02 Å². The first kappa shape index (κ1) is 13.4. The van der Waals surface area contributed by atoms with E-state index in [1.165, 1.54) is 29.5 Å². The van der Waals surface area contributed by atoms with Gasteiger partial charge >= 0.3 is 0 Å². The van der Waals surface area contributed by atoms with Gasteiger partial charge in [0.05, 0.1) is 10.7 Å². The van der Waals surface area contributed by atoms with Crippen LogP contribution < -0.4 is 5.32 Å². The molecule has 3 heteroatoms. The first-order chi connectivity index (χ1) is 9.65. The number of nitrogens with one attached hydrogen (secondary N) is 1. The van der Waals surface area contributed by atoms with Crippen LogP contribution in [0.25, 0.3) is 0 Å². The highest BCUT2D eigenvalue weighted by Gasteiger charge is 2.15. The van der Waals surface area contributed by atoms with Crippen LogP contribution in [-0.4, -0.2) is 0 Å². The first-order valence-corrected chi connectivity index (χ1v) is 7.35. The van der Waals surface area contributed by atoms with E-state index in [-0.39, 0.29) is 16.9 Å². The standard InChI is InChI=1S/C17H17ClFN/c1-11(20-16-7-3-6-15(18)17(16)19)13-9-8-12-4-2-5-14(12)10-13/h3,6-11,20H,2,4-5H2,1H3. The molecule has 2 aromatic rings. The van der Waals surface area contributed by atoms with Gasteiger partial charge in [0, 0.05) is 6.04 Å². The number of hydrogen-bond acceptors (Lipinski definition) is 1. The second-order valence-corrected chi connectivity index (χ2v) is 5.76. The summed E-state index contributed by atoms with van der Waals surface area (Å²) in [6.07, 6.45) is 3.57. The molecule has 3 rings (SSSR count). The lowest BCUT2D eigenvalue weighted by molar-refractivity contribution is 0.628. The Hall–Kier alpha value is -1.54. The third-order valence-corrected chi connectivity index (χ3v) is 4.24. The van der Waals surface area contributed by atoms with E-state index in [0.29, 0.717) is 5.69 Å². The van der Waals surface area contributed by atoms with Gasteiger partial charge < -0.3 is 5.32 Å². The van der Waals surface area contributed by atoms with Crippen LogP contribution >= 0.6 is 11.6 Å². The van der Waals surface area contributed by atoms with Crippen LogP contribution in [0.5, 0.6) is 0 Å². The Morgan fingerprint density at radius 2 is 1.95 bits per heavy atom. The maximum atomic E-state index is 13.9. The zero-order valence-electron chi connectivity index (χ0n) is 11.4. The molecule has 1 aliphatic rings. The number of aryl methyl sites for hydroxylation is 2. The molecule has 1 unspecified atom stereocenters. The lowest BCUT2D eigenvalue weighted by atomic mass is 10.0. The van der Waals surface area contributed by atoms with Gasteiger partial charge in [0.2, 0.25) is 0 Å². The van der Waals surface area contributed by atoms with Crippen LogP contribution in [0, 0.1) is 5.82 Å². The summed E-state index contributed by atoms with van der Waals surface area (Å²) in [5, 5.41) is 3.35. The average molecular weight is 290 g/mol. The fourth-order valence-corrected chi connectivity index (χ4v) is 2.97. The van der Waals surface area contributed by atoms with Gasteiger partial charge in [0.25, 0.3) is 0 Å². The molecule has 0 bridgehead atoms. The molecule has 1 N–H and O–H groups in total. The molecule has 2 aromatic carbocycles. The van der Waals surface area contributed by atoms with Crippen molar-refractivity contribution in [1.82, 2.24) is 0 Å². The highest BCUT2D eigenvalue weighted by atomic mass is 35.5. The SMILES string of the molecule is CC(Nc1cccc(Cl)c1F)c1ccc2c(c1)CCC2. The normalized spacial score (nSPS) is 14.9. The zero-order valence-corrected chi connectivity index (χ0v) is 12.2. The third-order valence-electron chi connectivity index (χ3n) is 3.95. The first-order valence-electron chi connectivity index (χ1n) is 6.97. The van der Waals surface area contributed by atoms with E-state index in [9.17, 15) is 4.39 Å². The van der Waals surface area contributed by atoms with Crippen molar-refractivity contribution < 1.29 is 4.39 Å². The largest absolute Gasteiger partial charge is 0.376 e. The average Bonchev–Trinajstić information content (AvgIpc) is 2.91. The van der Waals surface area contributed by atoms with Crippen molar-refractivity contribution in [3.05, 3.63) is 63.9 Å². The number of anilines is 1. The Bertz CT molecular complexity index is 639. The van der Waals surface area contributed by atoms with E-state index in [0.717, 1.165) is 6.42 Å². The van der Waals surface area contributed by atoms with Crippen LogP contribution in [0.15, 0.2) is 36.4 Å². The Kier molecular flexibility index (Phi) is 3.66. The van der Waals surface area contributed by atoms with E-state index >= 15 is 0 Å². The highest BCUT2D eigenvalue weighted by Crippen LogP contribution is 2.29. The van der Waals surface area contributed by atoms with Crippen molar-refractivity contribution in [2.75, 3.05) is 5.32 Å². The van der Waals surface area contributed by atoms with E-state index in [1.807, 2.05) is 6.92 Å². The van der Waals surface area contributed by atoms with Gasteiger partial charge in [-0.15, -0.1) is 0 Å². The Morgan fingerprint density at radius 3 is 2.80 bits per heavy atom. The van der Waals surface area contributed by atoms with Gasteiger partial charge in [-0.1, -0.05) is 35.9 Å². The Balaban J connectivity index is 1.82. The van der Waals surface area contributed by atoms with Crippen molar-refractivity contribution in [2.45, 2.75) is 32.2 Å². The monoisotopic (exact) mass is 289 g/mol. The molecule has 1 nitrogen and oxygen atoms in total. The summed E-state index contributed by atoms with van der Waals surface area (Å²) in [6.45, 7) is 2.04. The Labute approximate surface area is 123 Å².